The van der Waals surface area contributed by atoms with Crippen LogP contribution >= 0.6 is 0 Å². The molecule has 0 radical (unpaired) electrons. The zero-order valence-electron chi connectivity index (χ0n) is 19.5. The molecule has 1 heterocycles. The Balaban J connectivity index is 1.48. The Morgan fingerprint density at radius 3 is 2.36 bits per heavy atom. The third kappa shape index (κ3) is 3.57. The zero-order valence-corrected chi connectivity index (χ0v) is 19.5. The molecule has 3 fully saturated rings. The third-order valence-corrected chi connectivity index (χ3v) is 8.29. The lowest BCUT2D eigenvalue weighted by atomic mass is 9.63. The molecule has 2 bridgehead atoms. The summed E-state index contributed by atoms with van der Waals surface area (Å²) in [6.07, 6.45) is 9.18. The van der Waals surface area contributed by atoms with Crippen molar-refractivity contribution in [2.75, 3.05) is 0 Å². The molecule has 0 aliphatic heterocycles. The summed E-state index contributed by atoms with van der Waals surface area (Å²) in [5.41, 5.74) is 6.28. The average Bonchev–Trinajstić information content (AvgIpc) is 2.85. The number of benzene rings is 3. The van der Waals surface area contributed by atoms with Gasteiger partial charge >= 0.3 is 0 Å². The molecule has 3 aliphatic rings. The van der Waals surface area contributed by atoms with E-state index in [1.807, 2.05) is 43.3 Å². The molecule has 0 saturated heterocycles. The summed E-state index contributed by atoms with van der Waals surface area (Å²) in [5, 5.41) is 2.52. The number of fused-ring (bicyclic) bond motifs is 4. The van der Waals surface area contributed by atoms with E-state index < -0.39 is 0 Å². The lowest BCUT2D eigenvalue weighted by Gasteiger charge is -2.42. The van der Waals surface area contributed by atoms with Crippen molar-refractivity contribution in [2.45, 2.75) is 44.9 Å². The molecular formula is C31H31FN+. The molecule has 7 rings (SSSR count). The molecule has 1 aromatic heterocycles. The van der Waals surface area contributed by atoms with Crippen molar-refractivity contribution in [1.82, 2.24) is 0 Å². The van der Waals surface area contributed by atoms with E-state index in [9.17, 15) is 4.39 Å². The quantitative estimate of drug-likeness (QED) is 0.289. The van der Waals surface area contributed by atoms with Gasteiger partial charge in [0.2, 0.25) is 5.69 Å². The monoisotopic (exact) mass is 436 g/mol. The third-order valence-electron chi connectivity index (χ3n) is 8.29. The highest BCUT2D eigenvalue weighted by atomic mass is 19.1. The van der Waals surface area contributed by atoms with Crippen LogP contribution in [-0.2, 0) is 7.05 Å². The first-order valence-electron chi connectivity index (χ1n) is 12.4. The Hall–Kier alpha value is -3.00. The van der Waals surface area contributed by atoms with Gasteiger partial charge in [-0.05, 0) is 84.2 Å². The number of rotatable bonds is 3. The van der Waals surface area contributed by atoms with Gasteiger partial charge in [0.05, 0.1) is 10.9 Å². The number of aromatic nitrogens is 1. The van der Waals surface area contributed by atoms with Gasteiger partial charge < -0.3 is 0 Å². The van der Waals surface area contributed by atoms with Crippen LogP contribution < -0.4 is 4.57 Å². The lowest BCUT2D eigenvalue weighted by Crippen LogP contribution is -2.31. The highest BCUT2D eigenvalue weighted by Crippen LogP contribution is 2.50. The maximum absolute atomic E-state index is 15.0. The highest BCUT2D eigenvalue weighted by molar-refractivity contribution is 5.94. The Kier molecular flexibility index (Phi) is 5.05. The molecule has 2 heteroatoms. The van der Waals surface area contributed by atoms with Crippen LogP contribution in [0, 0.1) is 24.6 Å². The predicted octanol–water partition coefficient (Wildman–Crippen LogP) is 7.74. The molecule has 33 heavy (non-hydrogen) atoms. The molecular weight excluding hydrogens is 405 g/mol. The van der Waals surface area contributed by atoms with Crippen LogP contribution in [0.15, 0.2) is 72.9 Å². The van der Waals surface area contributed by atoms with Gasteiger partial charge in [-0.3, -0.25) is 0 Å². The molecule has 3 saturated carbocycles. The molecule has 1 unspecified atom stereocenters. The van der Waals surface area contributed by atoms with E-state index in [1.165, 1.54) is 48.4 Å². The largest absolute Gasteiger partial charge is 0.220 e. The van der Waals surface area contributed by atoms with Crippen LogP contribution in [0.5, 0.6) is 0 Å². The standard InChI is InChI=1S/C31H31FN/c1-20-16-30(32)29(22-6-4-3-5-7-22)19-27(20)31-26-13-12-24(18-25(26)14-15-33(31)2)28-17-21-8-10-23(28)11-9-21/h3-7,12-16,18-19,21,23,28H,8-11,17H2,1-2H3/q+1. The first kappa shape index (κ1) is 20.6. The maximum Gasteiger partial charge on any atom is 0.220 e. The summed E-state index contributed by atoms with van der Waals surface area (Å²) >= 11 is 0. The minimum absolute atomic E-state index is 0.167. The summed E-state index contributed by atoms with van der Waals surface area (Å²) in [5.74, 6) is 2.34. The second kappa shape index (κ2) is 8.09. The van der Waals surface area contributed by atoms with E-state index >= 15 is 0 Å². The second-order valence-electron chi connectivity index (χ2n) is 10.3. The Labute approximate surface area is 195 Å². The van der Waals surface area contributed by atoms with Crippen molar-refractivity contribution in [2.24, 2.45) is 18.9 Å². The van der Waals surface area contributed by atoms with E-state index in [2.05, 4.69) is 42.1 Å². The van der Waals surface area contributed by atoms with Gasteiger partial charge in [0.1, 0.15) is 12.9 Å². The summed E-state index contributed by atoms with van der Waals surface area (Å²) in [6, 6.07) is 22.9. The average molecular weight is 437 g/mol. The van der Waals surface area contributed by atoms with Crippen molar-refractivity contribution >= 4 is 10.8 Å². The van der Waals surface area contributed by atoms with Crippen LogP contribution in [0.1, 0.15) is 49.1 Å². The van der Waals surface area contributed by atoms with Crippen molar-refractivity contribution in [3.63, 3.8) is 0 Å². The van der Waals surface area contributed by atoms with E-state index in [0.717, 1.165) is 40.1 Å². The Morgan fingerprint density at radius 1 is 0.848 bits per heavy atom. The highest BCUT2D eigenvalue weighted by Gasteiger charge is 2.36. The molecule has 1 atom stereocenters. The molecule has 0 spiro atoms. The van der Waals surface area contributed by atoms with Crippen molar-refractivity contribution in [3.8, 4) is 22.4 Å². The first-order valence-corrected chi connectivity index (χ1v) is 12.4. The summed E-state index contributed by atoms with van der Waals surface area (Å²) in [7, 11) is 2.09. The Morgan fingerprint density at radius 2 is 1.64 bits per heavy atom. The number of aryl methyl sites for hydroxylation is 2. The van der Waals surface area contributed by atoms with E-state index in [0.29, 0.717) is 5.56 Å². The maximum atomic E-state index is 15.0. The fraction of sp³-hybridized carbons (Fsp3) is 0.323. The predicted molar refractivity (Wildman–Crippen MR) is 133 cm³/mol. The zero-order chi connectivity index (χ0) is 22.5. The summed E-state index contributed by atoms with van der Waals surface area (Å²) in [6.45, 7) is 2.01. The van der Waals surface area contributed by atoms with Crippen LogP contribution in [0.4, 0.5) is 4.39 Å². The van der Waals surface area contributed by atoms with Crippen LogP contribution in [0.25, 0.3) is 33.2 Å². The molecule has 1 nitrogen and oxygen atoms in total. The van der Waals surface area contributed by atoms with Gasteiger partial charge in [0.25, 0.3) is 0 Å². The minimum atomic E-state index is -0.167. The van der Waals surface area contributed by atoms with Gasteiger partial charge in [-0.15, -0.1) is 0 Å². The molecule has 3 aromatic carbocycles. The van der Waals surface area contributed by atoms with Gasteiger partial charge in [-0.1, -0.05) is 55.3 Å². The molecule has 3 aliphatic carbocycles. The summed E-state index contributed by atoms with van der Waals surface area (Å²) < 4.78 is 17.2. The number of hydrogen-bond donors (Lipinski definition) is 0. The SMILES string of the molecule is Cc1cc(F)c(-c2ccccc2)cc1-c1c2ccc(C3CC4CCC3CC4)cc2cc[n+]1C. The minimum Gasteiger partial charge on any atom is -0.206 e. The van der Waals surface area contributed by atoms with Crippen LogP contribution in [-0.4, -0.2) is 0 Å². The van der Waals surface area contributed by atoms with Gasteiger partial charge in [0, 0.05) is 11.6 Å². The first-order chi connectivity index (χ1) is 16.1. The van der Waals surface area contributed by atoms with Gasteiger partial charge in [-0.2, -0.15) is 0 Å². The molecule has 0 N–H and O–H groups in total. The Bertz CT molecular complexity index is 1330. The number of halogens is 1. The van der Waals surface area contributed by atoms with Gasteiger partial charge in [-0.25, -0.2) is 8.96 Å². The van der Waals surface area contributed by atoms with E-state index in [1.54, 1.807) is 6.07 Å². The molecule has 166 valence electrons. The second-order valence-corrected chi connectivity index (χ2v) is 10.3. The summed E-state index contributed by atoms with van der Waals surface area (Å²) in [4.78, 5) is 0. The van der Waals surface area contributed by atoms with Gasteiger partial charge in [0.15, 0.2) is 6.20 Å². The molecule has 0 amide bonds. The lowest BCUT2D eigenvalue weighted by molar-refractivity contribution is -0.659. The fourth-order valence-electron chi connectivity index (χ4n) is 6.51. The molecule has 4 aromatic rings. The van der Waals surface area contributed by atoms with Crippen LogP contribution in [0.3, 0.4) is 0 Å². The van der Waals surface area contributed by atoms with Crippen molar-refractivity contribution in [3.05, 3.63) is 89.9 Å². The number of nitrogens with zero attached hydrogens (tertiary/aromatic N) is 1. The normalized spacial score (nSPS) is 22.1. The van der Waals surface area contributed by atoms with Crippen molar-refractivity contribution in [1.29, 1.82) is 0 Å². The fourth-order valence-corrected chi connectivity index (χ4v) is 6.51. The van der Waals surface area contributed by atoms with Crippen LogP contribution in [0.2, 0.25) is 0 Å². The van der Waals surface area contributed by atoms with E-state index in [-0.39, 0.29) is 5.82 Å². The smallest absolute Gasteiger partial charge is 0.206 e. The van der Waals surface area contributed by atoms with Crippen molar-refractivity contribution < 1.29 is 8.96 Å². The number of hydrogen-bond acceptors (Lipinski definition) is 0. The topological polar surface area (TPSA) is 3.88 Å². The number of pyridine rings is 1. The van der Waals surface area contributed by atoms with E-state index in [4.69, 9.17) is 0 Å².